The molecule has 0 radical (unpaired) electrons. The Balaban J connectivity index is 2.32. The molecular weight excluding hydrogens is 190 g/mol. The lowest BCUT2D eigenvalue weighted by Gasteiger charge is -2.30. The van der Waals surface area contributed by atoms with E-state index in [2.05, 4.69) is 19.2 Å². The van der Waals surface area contributed by atoms with E-state index in [9.17, 15) is 4.79 Å². The molecule has 0 heterocycles. The molecule has 1 rings (SSSR count). The first kappa shape index (κ1) is 12.5. The minimum atomic E-state index is -0.621. The van der Waals surface area contributed by atoms with E-state index < -0.39 is 5.97 Å². The fourth-order valence-corrected chi connectivity index (χ4v) is 2.48. The largest absolute Gasteiger partial charge is 0.481 e. The van der Waals surface area contributed by atoms with Gasteiger partial charge in [0.2, 0.25) is 0 Å². The summed E-state index contributed by atoms with van der Waals surface area (Å²) in [5.74, 6) is -0.741. The number of aliphatic carboxylic acids is 1. The number of rotatable bonds is 5. The van der Waals surface area contributed by atoms with Crippen LogP contribution < -0.4 is 5.32 Å². The van der Waals surface area contributed by atoms with E-state index >= 15 is 0 Å². The zero-order chi connectivity index (χ0) is 11.3. The summed E-state index contributed by atoms with van der Waals surface area (Å²) >= 11 is 0. The van der Waals surface area contributed by atoms with Gasteiger partial charge in [-0.05, 0) is 32.6 Å². The molecule has 1 fully saturated rings. The minimum Gasteiger partial charge on any atom is -0.481 e. The van der Waals surface area contributed by atoms with E-state index in [1.54, 1.807) is 0 Å². The zero-order valence-corrected chi connectivity index (χ0v) is 9.83. The third-order valence-electron chi connectivity index (χ3n) is 3.27. The fraction of sp³-hybridized carbons (Fsp3) is 0.917. The van der Waals surface area contributed by atoms with Gasteiger partial charge in [-0.25, -0.2) is 0 Å². The Labute approximate surface area is 92.3 Å². The normalized spacial score (nSPS) is 28.7. The monoisotopic (exact) mass is 213 g/mol. The second-order valence-corrected chi connectivity index (χ2v) is 4.76. The van der Waals surface area contributed by atoms with Crippen LogP contribution in [0.5, 0.6) is 0 Å². The van der Waals surface area contributed by atoms with Crippen LogP contribution in [0.3, 0.4) is 0 Å². The number of hydrogen-bond acceptors (Lipinski definition) is 2. The van der Waals surface area contributed by atoms with Gasteiger partial charge in [-0.1, -0.05) is 19.8 Å². The number of nitrogens with one attached hydrogen (secondary N) is 1. The summed E-state index contributed by atoms with van der Waals surface area (Å²) in [6, 6.07) is 0.939. The first-order valence-corrected chi connectivity index (χ1v) is 6.12. The maximum absolute atomic E-state index is 10.9. The Morgan fingerprint density at radius 2 is 2.27 bits per heavy atom. The summed E-state index contributed by atoms with van der Waals surface area (Å²) < 4.78 is 0. The van der Waals surface area contributed by atoms with Gasteiger partial charge >= 0.3 is 5.97 Å². The molecule has 2 N–H and O–H groups in total. The molecule has 3 atom stereocenters. The molecule has 0 aliphatic heterocycles. The summed E-state index contributed by atoms with van der Waals surface area (Å²) in [6.07, 6.45) is 6.21. The van der Waals surface area contributed by atoms with Crippen LogP contribution in [0.2, 0.25) is 0 Å². The highest BCUT2D eigenvalue weighted by Gasteiger charge is 2.27. The number of carboxylic acid groups (broad SMARTS) is 1. The maximum Gasteiger partial charge on any atom is 0.306 e. The average Bonchev–Trinajstić information content (AvgIpc) is 2.18. The van der Waals surface area contributed by atoms with Crippen molar-refractivity contribution in [2.24, 2.45) is 5.92 Å². The lowest BCUT2D eigenvalue weighted by atomic mass is 9.85. The summed E-state index contributed by atoms with van der Waals surface area (Å²) in [7, 11) is 0. The van der Waals surface area contributed by atoms with Crippen LogP contribution in [0.1, 0.15) is 52.4 Å². The molecule has 1 saturated carbocycles. The summed E-state index contributed by atoms with van der Waals surface area (Å²) in [5, 5.41) is 12.5. The van der Waals surface area contributed by atoms with Gasteiger partial charge in [0.15, 0.2) is 0 Å². The van der Waals surface area contributed by atoms with E-state index in [-0.39, 0.29) is 5.92 Å². The van der Waals surface area contributed by atoms with Gasteiger partial charge < -0.3 is 10.4 Å². The highest BCUT2D eigenvalue weighted by atomic mass is 16.4. The second kappa shape index (κ2) is 6.11. The van der Waals surface area contributed by atoms with Crippen LogP contribution in [-0.2, 0) is 4.79 Å². The van der Waals surface area contributed by atoms with Gasteiger partial charge in [0.05, 0.1) is 5.92 Å². The average molecular weight is 213 g/mol. The molecule has 0 aromatic rings. The van der Waals surface area contributed by atoms with Crippen LogP contribution in [-0.4, -0.2) is 23.2 Å². The van der Waals surface area contributed by atoms with Crippen molar-refractivity contribution in [2.45, 2.75) is 64.5 Å². The molecule has 0 amide bonds. The van der Waals surface area contributed by atoms with Gasteiger partial charge in [0.1, 0.15) is 0 Å². The van der Waals surface area contributed by atoms with Crippen LogP contribution in [0.15, 0.2) is 0 Å². The highest BCUT2D eigenvalue weighted by Crippen LogP contribution is 2.24. The molecule has 1 aliphatic carbocycles. The highest BCUT2D eigenvalue weighted by molar-refractivity contribution is 5.70. The van der Waals surface area contributed by atoms with Crippen LogP contribution in [0.4, 0.5) is 0 Å². The molecule has 0 aromatic heterocycles. The zero-order valence-electron chi connectivity index (χ0n) is 9.83. The van der Waals surface area contributed by atoms with Crippen molar-refractivity contribution < 1.29 is 9.90 Å². The van der Waals surface area contributed by atoms with Crippen molar-refractivity contribution in [2.75, 3.05) is 0 Å². The van der Waals surface area contributed by atoms with E-state index in [0.29, 0.717) is 12.1 Å². The summed E-state index contributed by atoms with van der Waals surface area (Å²) in [6.45, 7) is 4.37. The first-order chi connectivity index (χ1) is 7.13. The first-order valence-electron chi connectivity index (χ1n) is 6.12. The third-order valence-corrected chi connectivity index (χ3v) is 3.27. The number of carbonyl (C=O) groups is 1. The van der Waals surface area contributed by atoms with Crippen molar-refractivity contribution in [3.05, 3.63) is 0 Å². The second-order valence-electron chi connectivity index (χ2n) is 4.76. The van der Waals surface area contributed by atoms with Crippen LogP contribution >= 0.6 is 0 Å². The Morgan fingerprint density at radius 3 is 2.87 bits per heavy atom. The Kier molecular flexibility index (Phi) is 5.09. The van der Waals surface area contributed by atoms with Gasteiger partial charge in [0, 0.05) is 12.1 Å². The van der Waals surface area contributed by atoms with Crippen molar-refractivity contribution in [3.63, 3.8) is 0 Å². The number of hydrogen-bond donors (Lipinski definition) is 2. The molecule has 1 aliphatic rings. The molecule has 0 saturated heterocycles. The predicted molar refractivity (Wildman–Crippen MR) is 60.9 cm³/mol. The Hall–Kier alpha value is -0.570. The van der Waals surface area contributed by atoms with E-state index in [0.717, 1.165) is 25.7 Å². The van der Waals surface area contributed by atoms with Gasteiger partial charge in [-0.15, -0.1) is 0 Å². The topological polar surface area (TPSA) is 49.3 Å². The molecule has 88 valence electrons. The molecule has 3 unspecified atom stereocenters. The molecule has 15 heavy (non-hydrogen) atoms. The molecule has 0 aromatic carbocycles. The number of carboxylic acids is 1. The lowest BCUT2D eigenvalue weighted by Crippen LogP contribution is -2.41. The lowest BCUT2D eigenvalue weighted by molar-refractivity contribution is -0.143. The van der Waals surface area contributed by atoms with Crippen molar-refractivity contribution in [1.82, 2.24) is 5.32 Å². The van der Waals surface area contributed by atoms with Crippen molar-refractivity contribution >= 4 is 5.97 Å². The molecule has 0 spiro atoms. The molecule has 0 bridgehead atoms. The van der Waals surface area contributed by atoms with Crippen LogP contribution in [0, 0.1) is 5.92 Å². The van der Waals surface area contributed by atoms with Crippen LogP contribution in [0.25, 0.3) is 0 Å². The van der Waals surface area contributed by atoms with E-state index in [1.165, 1.54) is 12.8 Å². The molecular formula is C12H23NO2. The van der Waals surface area contributed by atoms with E-state index in [4.69, 9.17) is 5.11 Å². The molecule has 3 heteroatoms. The third kappa shape index (κ3) is 4.20. The van der Waals surface area contributed by atoms with Gasteiger partial charge in [0.25, 0.3) is 0 Å². The predicted octanol–water partition coefficient (Wildman–Crippen LogP) is 2.41. The smallest absolute Gasteiger partial charge is 0.306 e. The van der Waals surface area contributed by atoms with Crippen molar-refractivity contribution in [1.29, 1.82) is 0 Å². The van der Waals surface area contributed by atoms with Gasteiger partial charge in [-0.3, -0.25) is 4.79 Å². The standard InChI is InChI=1S/C12H23NO2/c1-3-5-9(2)13-11-7-4-6-10(8-11)12(14)15/h9-11,13H,3-8H2,1-2H3,(H,14,15). The quantitative estimate of drug-likeness (QED) is 0.737. The SMILES string of the molecule is CCCC(C)NC1CCCC(C(=O)O)C1. The summed E-state index contributed by atoms with van der Waals surface area (Å²) in [5.41, 5.74) is 0. The summed E-state index contributed by atoms with van der Waals surface area (Å²) in [4.78, 5) is 10.9. The van der Waals surface area contributed by atoms with Crippen molar-refractivity contribution in [3.8, 4) is 0 Å². The Bertz CT molecular complexity index is 206. The molecule has 3 nitrogen and oxygen atoms in total. The minimum absolute atomic E-state index is 0.120. The Morgan fingerprint density at radius 1 is 1.53 bits per heavy atom. The van der Waals surface area contributed by atoms with Gasteiger partial charge in [-0.2, -0.15) is 0 Å². The maximum atomic E-state index is 10.9. The van der Waals surface area contributed by atoms with E-state index in [1.807, 2.05) is 0 Å². The fourth-order valence-electron chi connectivity index (χ4n) is 2.48.